The fourth-order valence-corrected chi connectivity index (χ4v) is 4.59. The quantitative estimate of drug-likeness (QED) is 0.829. The van der Waals surface area contributed by atoms with Crippen molar-refractivity contribution in [1.29, 1.82) is 0 Å². The zero-order chi connectivity index (χ0) is 13.0. The van der Waals surface area contributed by atoms with Crippen molar-refractivity contribution in [2.45, 2.75) is 82.7 Å². The van der Waals surface area contributed by atoms with E-state index in [1.165, 1.54) is 64.2 Å². The summed E-state index contributed by atoms with van der Waals surface area (Å²) in [6.07, 6.45) is 13.9. The Kier molecular flexibility index (Phi) is 5.08. The summed E-state index contributed by atoms with van der Waals surface area (Å²) in [6.45, 7) is 3.22. The van der Waals surface area contributed by atoms with E-state index in [2.05, 4.69) is 18.9 Å². The van der Waals surface area contributed by atoms with Crippen LogP contribution >= 0.6 is 0 Å². The lowest BCUT2D eigenvalue weighted by Crippen LogP contribution is -2.61. The molecular formula is C16H32N2. The minimum Gasteiger partial charge on any atom is -0.329 e. The third-order valence-corrected chi connectivity index (χ3v) is 5.84. The van der Waals surface area contributed by atoms with Gasteiger partial charge in [-0.05, 0) is 38.6 Å². The Morgan fingerprint density at radius 3 is 2.33 bits per heavy atom. The average Bonchev–Trinajstić information content (AvgIpc) is 2.47. The Morgan fingerprint density at radius 2 is 1.72 bits per heavy atom. The van der Waals surface area contributed by atoms with Crippen molar-refractivity contribution >= 4 is 0 Å². The van der Waals surface area contributed by atoms with Crippen LogP contribution in [0.2, 0.25) is 0 Å². The molecule has 2 aliphatic rings. The highest BCUT2D eigenvalue weighted by molar-refractivity contribution is 5.00. The van der Waals surface area contributed by atoms with Crippen LogP contribution in [-0.4, -0.2) is 30.1 Å². The fraction of sp³-hybridized carbons (Fsp3) is 1.00. The Morgan fingerprint density at radius 1 is 1.06 bits per heavy atom. The molecule has 2 unspecified atom stereocenters. The maximum Gasteiger partial charge on any atom is 0.0359 e. The van der Waals surface area contributed by atoms with Gasteiger partial charge in [-0.25, -0.2) is 0 Å². The van der Waals surface area contributed by atoms with Crippen LogP contribution in [0, 0.1) is 5.92 Å². The average molecular weight is 252 g/mol. The molecule has 2 atom stereocenters. The Balaban J connectivity index is 2.12. The molecule has 2 saturated carbocycles. The molecule has 0 radical (unpaired) electrons. The zero-order valence-electron chi connectivity index (χ0n) is 12.5. The van der Waals surface area contributed by atoms with Crippen LogP contribution in [0.1, 0.15) is 71.1 Å². The second kappa shape index (κ2) is 6.38. The molecule has 0 aromatic rings. The second-order valence-electron chi connectivity index (χ2n) is 6.56. The van der Waals surface area contributed by atoms with E-state index in [0.29, 0.717) is 5.54 Å². The van der Waals surface area contributed by atoms with Gasteiger partial charge in [-0.2, -0.15) is 0 Å². The summed E-state index contributed by atoms with van der Waals surface area (Å²) >= 11 is 0. The number of nitrogens with two attached hydrogens (primary N) is 1. The van der Waals surface area contributed by atoms with Gasteiger partial charge in [-0.15, -0.1) is 0 Å². The van der Waals surface area contributed by atoms with Crippen LogP contribution in [0.3, 0.4) is 0 Å². The SMILES string of the molecule is CCC1CCCCC1(CN)N(C)C1CCCCC1. The molecule has 0 aromatic carbocycles. The Bertz CT molecular complexity index is 247. The van der Waals surface area contributed by atoms with Crippen molar-refractivity contribution in [3.63, 3.8) is 0 Å². The van der Waals surface area contributed by atoms with Crippen molar-refractivity contribution in [2.24, 2.45) is 11.7 Å². The van der Waals surface area contributed by atoms with Gasteiger partial charge in [0.05, 0.1) is 0 Å². The van der Waals surface area contributed by atoms with Crippen LogP contribution in [0.25, 0.3) is 0 Å². The number of hydrogen-bond acceptors (Lipinski definition) is 2. The molecule has 0 saturated heterocycles. The van der Waals surface area contributed by atoms with E-state index in [9.17, 15) is 0 Å². The topological polar surface area (TPSA) is 29.3 Å². The molecule has 0 aliphatic heterocycles. The number of rotatable bonds is 4. The van der Waals surface area contributed by atoms with Gasteiger partial charge in [0.15, 0.2) is 0 Å². The van der Waals surface area contributed by atoms with E-state index in [0.717, 1.165) is 18.5 Å². The predicted molar refractivity (Wildman–Crippen MR) is 78.7 cm³/mol. The van der Waals surface area contributed by atoms with Gasteiger partial charge in [0, 0.05) is 18.1 Å². The molecule has 0 spiro atoms. The molecule has 2 fully saturated rings. The zero-order valence-corrected chi connectivity index (χ0v) is 12.5. The molecule has 2 N–H and O–H groups in total. The maximum absolute atomic E-state index is 6.27. The lowest BCUT2D eigenvalue weighted by atomic mass is 9.69. The molecule has 106 valence electrons. The molecule has 18 heavy (non-hydrogen) atoms. The van der Waals surface area contributed by atoms with Gasteiger partial charge in [-0.3, -0.25) is 4.90 Å². The summed E-state index contributed by atoms with van der Waals surface area (Å²) in [5.41, 5.74) is 6.58. The minimum absolute atomic E-state index is 0.314. The first-order valence-electron chi connectivity index (χ1n) is 8.17. The smallest absolute Gasteiger partial charge is 0.0359 e. The van der Waals surface area contributed by atoms with Crippen molar-refractivity contribution < 1.29 is 0 Å². The molecule has 2 rings (SSSR count). The number of hydrogen-bond donors (Lipinski definition) is 1. The number of likely N-dealkylation sites (N-methyl/N-ethyl adjacent to an activating group) is 1. The lowest BCUT2D eigenvalue weighted by Gasteiger charge is -2.53. The van der Waals surface area contributed by atoms with Crippen molar-refractivity contribution in [2.75, 3.05) is 13.6 Å². The van der Waals surface area contributed by atoms with E-state index < -0.39 is 0 Å². The van der Waals surface area contributed by atoms with E-state index in [1.807, 2.05) is 0 Å². The van der Waals surface area contributed by atoms with Crippen LogP contribution in [0.4, 0.5) is 0 Å². The first-order chi connectivity index (χ1) is 8.74. The summed E-state index contributed by atoms with van der Waals surface area (Å²) in [5.74, 6) is 0.822. The molecule has 0 aromatic heterocycles. The van der Waals surface area contributed by atoms with Crippen molar-refractivity contribution in [1.82, 2.24) is 4.90 Å². The Hall–Kier alpha value is -0.0800. The highest BCUT2D eigenvalue weighted by Crippen LogP contribution is 2.41. The first kappa shape index (κ1) is 14.3. The molecule has 2 nitrogen and oxygen atoms in total. The monoisotopic (exact) mass is 252 g/mol. The molecular weight excluding hydrogens is 220 g/mol. The molecule has 2 heteroatoms. The first-order valence-corrected chi connectivity index (χ1v) is 8.17. The van der Waals surface area contributed by atoms with Gasteiger partial charge >= 0.3 is 0 Å². The van der Waals surface area contributed by atoms with Gasteiger partial charge in [0.25, 0.3) is 0 Å². The van der Waals surface area contributed by atoms with Crippen molar-refractivity contribution in [3.8, 4) is 0 Å². The molecule has 0 amide bonds. The molecule has 2 aliphatic carbocycles. The van der Waals surface area contributed by atoms with Crippen LogP contribution in [0.15, 0.2) is 0 Å². The van der Waals surface area contributed by atoms with E-state index in [4.69, 9.17) is 5.73 Å². The Labute approximate surface area is 113 Å². The summed E-state index contributed by atoms with van der Waals surface area (Å²) < 4.78 is 0. The molecule has 0 bridgehead atoms. The van der Waals surface area contributed by atoms with Crippen LogP contribution in [0.5, 0.6) is 0 Å². The maximum atomic E-state index is 6.27. The van der Waals surface area contributed by atoms with E-state index in [-0.39, 0.29) is 0 Å². The third-order valence-electron chi connectivity index (χ3n) is 5.84. The van der Waals surface area contributed by atoms with E-state index in [1.54, 1.807) is 0 Å². The van der Waals surface area contributed by atoms with Crippen LogP contribution in [-0.2, 0) is 0 Å². The fourth-order valence-electron chi connectivity index (χ4n) is 4.59. The highest BCUT2D eigenvalue weighted by atomic mass is 15.2. The summed E-state index contributed by atoms with van der Waals surface area (Å²) in [4.78, 5) is 2.72. The van der Waals surface area contributed by atoms with Gasteiger partial charge in [-0.1, -0.05) is 45.4 Å². The van der Waals surface area contributed by atoms with Gasteiger partial charge < -0.3 is 5.73 Å². The second-order valence-corrected chi connectivity index (χ2v) is 6.56. The molecule has 0 heterocycles. The summed E-state index contributed by atoms with van der Waals surface area (Å²) in [5, 5.41) is 0. The minimum atomic E-state index is 0.314. The van der Waals surface area contributed by atoms with Gasteiger partial charge in [0.2, 0.25) is 0 Å². The van der Waals surface area contributed by atoms with Gasteiger partial charge in [0.1, 0.15) is 0 Å². The van der Waals surface area contributed by atoms with Crippen LogP contribution < -0.4 is 5.73 Å². The normalized spacial score (nSPS) is 35.0. The predicted octanol–water partition coefficient (Wildman–Crippen LogP) is 3.55. The standard InChI is InChI=1S/C16H32N2/c1-3-14-9-7-8-12-16(14,13-17)18(2)15-10-5-4-6-11-15/h14-15H,3-13,17H2,1-2H3. The third kappa shape index (κ3) is 2.60. The summed E-state index contributed by atoms with van der Waals surface area (Å²) in [6, 6.07) is 0.800. The number of nitrogens with zero attached hydrogens (tertiary/aromatic N) is 1. The highest BCUT2D eigenvalue weighted by Gasteiger charge is 2.44. The lowest BCUT2D eigenvalue weighted by molar-refractivity contribution is -0.0162. The largest absolute Gasteiger partial charge is 0.329 e. The van der Waals surface area contributed by atoms with Crippen molar-refractivity contribution in [3.05, 3.63) is 0 Å². The van der Waals surface area contributed by atoms with E-state index >= 15 is 0 Å². The summed E-state index contributed by atoms with van der Waals surface area (Å²) in [7, 11) is 2.37.